The Hall–Kier alpha value is 1.16. The summed E-state index contributed by atoms with van der Waals surface area (Å²) in [5.41, 5.74) is 4.87. The number of hydrogen-bond donors (Lipinski definition) is 0. The van der Waals surface area contributed by atoms with Crippen LogP contribution in [-0.2, 0) is 0 Å². The summed E-state index contributed by atoms with van der Waals surface area (Å²) in [6.45, 7) is 0. The highest BCUT2D eigenvalue weighted by molar-refractivity contribution is 14.0. The lowest BCUT2D eigenvalue weighted by Gasteiger charge is -2.53. The van der Waals surface area contributed by atoms with Gasteiger partial charge in [0.2, 0.25) is 0 Å². The van der Waals surface area contributed by atoms with E-state index < -0.39 is 7.26 Å². The SMILES string of the molecule is C1CCC([P+](C2CCCCC2)(C2CCCCC2)C2CCCCC2)CC1.I. The first kappa shape index (κ1) is 21.9. The zero-order chi connectivity index (χ0) is 17.0. The predicted molar refractivity (Wildman–Crippen MR) is 130 cm³/mol. The Morgan fingerprint density at radius 2 is 0.500 bits per heavy atom. The lowest BCUT2D eigenvalue weighted by atomic mass is 9.98. The van der Waals surface area contributed by atoms with Gasteiger partial charge >= 0.3 is 0 Å². The Labute approximate surface area is 181 Å². The van der Waals surface area contributed by atoms with E-state index in [1.165, 1.54) is 22.6 Å². The van der Waals surface area contributed by atoms with Crippen LogP contribution >= 0.6 is 31.2 Å². The van der Waals surface area contributed by atoms with Gasteiger partial charge in [0.25, 0.3) is 0 Å². The minimum absolute atomic E-state index is 0. The van der Waals surface area contributed by atoms with Crippen molar-refractivity contribution in [3.63, 3.8) is 0 Å². The Balaban J connectivity index is 0.00000196. The maximum absolute atomic E-state index is 1.65. The molecule has 4 aliphatic carbocycles. The lowest BCUT2D eigenvalue weighted by Crippen LogP contribution is -2.42. The van der Waals surface area contributed by atoms with Gasteiger partial charge in [-0.1, -0.05) is 25.7 Å². The average molecular weight is 492 g/mol. The van der Waals surface area contributed by atoms with E-state index in [1.807, 2.05) is 0 Å². The second-order valence-corrected chi connectivity index (χ2v) is 14.8. The standard InChI is InChI=1S/C24H44P.HI/c1-5-13-21(14-6-1)25(22-15-7-2-8-16-22,23-17-9-3-10-18-23)24-19-11-4-12-20-24;/h21-24H,1-20H2;1H/q+1;. The summed E-state index contributed by atoms with van der Waals surface area (Å²) in [5, 5.41) is 0. The molecule has 0 radical (unpaired) electrons. The first-order valence-electron chi connectivity index (χ1n) is 12.3. The highest BCUT2D eigenvalue weighted by Gasteiger charge is 2.61. The van der Waals surface area contributed by atoms with Crippen LogP contribution in [-0.4, -0.2) is 22.6 Å². The molecule has 0 nitrogen and oxygen atoms in total. The lowest BCUT2D eigenvalue weighted by molar-refractivity contribution is 0.426. The van der Waals surface area contributed by atoms with Gasteiger partial charge in [-0.15, -0.1) is 24.0 Å². The fourth-order valence-corrected chi connectivity index (χ4v) is 16.5. The molecule has 2 heteroatoms. The van der Waals surface area contributed by atoms with Crippen molar-refractivity contribution in [3.05, 3.63) is 0 Å². The molecule has 26 heavy (non-hydrogen) atoms. The van der Waals surface area contributed by atoms with Crippen molar-refractivity contribution in [2.75, 3.05) is 0 Å². The average Bonchev–Trinajstić information content (AvgIpc) is 2.72. The monoisotopic (exact) mass is 491 g/mol. The van der Waals surface area contributed by atoms with Gasteiger partial charge in [-0.25, -0.2) is 0 Å². The molecule has 0 spiro atoms. The molecule has 4 rings (SSSR count). The normalized spacial score (nSPS) is 28.6. The second-order valence-electron chi connectivity index (χ2n) is 10.1. The minimum Gasteiger partial charge on any atom is -0.107 e. The van der Waals surface area contributed by atoms with E-state index in [1.54, 1.807) is 128 Å². The Bertz CT molecular complexity index is 308. The van der Waals surface area contributed by atoms with Crippen molar-refractivity contribution >= 4 is 31.2 Å². The van der Waals surface area contributed by atoms with Crippen molar-refractivity contribution in [2.24, 2.45) is 0 Å². The summed E-state index contributed by atoms with van der Waals surface area (Å²) in [6, 6.07) is 0. The van der Waals surface area contributed by atoms with Crippen LogP contribution in [0.1, 0.15) is 128 Å². The molecule has 152 valence electrons. The molecular formula is C24H45IP+. The van der Waals surface area contributed by atoms with Crippen molar-refractivity contribution in [1.82, 2.24) is 0 Å². The fourth-order valence-electron chi connectivity index (χ4n) is 7.90. The molecule has 4 saturated carbocycles. The third kappa shape index (κ3) is 4.49. The zero-order valence-electron chi connectivity index (χ0n) is 17.3. The van der Waals surface area contributed by atoms with E-state index in [4.69, 9.17) is 0 Å². The quantitative estimate of drug-likeness (QED) is 0.272. The molecule has 0 saturated heterocycles. The third-order valence-corrected chi connectivity index (χ3v) is 16.0. The largest absolute Gasteiger partial charge is 0.107 e. The summed E-state index contributed by atoms with van der Waals surface area (Å²) in [5.74, 6) is 0. The summed E-state index contributed by atoms with van der Waals surface area (Å²) in [7, 11) is -0.798. The van der Waals surface area contributed by atoms with Gasteiger partial charge in [0.05, 0.1) is 22.6 Å². The van der Waals surface area contributed by atoms with Crippen LogP contribution in [0.15, 0.2) is 0 Å². The molecule has 0 unspecified atom stereocenters. The zero-order valence-corrected chi connectivity index (χ0v) is 20.5. The molecule has 0 aromatic heterocycles. The smallest absolute Gasteiger partial charge is 0.0705 e. The van der Waals surface area contributed by atoms with Gasteiger partial charge in [0.15, 0.2) is 0 Å². The van der Waals surface area contributed by atoms with E-state index in [2.05, 4.69) is 0 Å². The highest BCUT2D eigenvalue weighted by atomic mass is 127. The van der Waals surface area contributed by atoms with E-state index in [-0.39, 0.29) is 24.0 Å². The minimum atomic E-state index is -0.798. The molecule has 0 aromatic carbocycles. The molecular weight excluding hydrogens is 446 g/mol. The fraction of sp³-hybridized carbons (Fsp3) is 1.00. The topological polar surface area (TPSA) is 0 Å². The third-order valence-electron chi connectivity index (χ3n) is 8.83. The molecule has 0 aromatic rings. The van der Waals surface area contributed by atoms with Gasteiger partial charge in [0.1, 0.15) is 0 Å². The Morgan fingerprint density at radius 3 is 0.692 bits per heavy atom. The predicted octanol–water partition coefficient (Wildman–Crippen LogP) is 8.95. The Kier molecular flexibility index (Phi) is 9.08. The van der Waals surface area contributed by atoms with Crippen LogP contribution in [0.4, 0.5) is 0 Å². The number of halogens is 1. The van der Waals surface area contributed by atoms with E-state index in [9.17, 15) is 0 Å². The van der Waals surface area contributed by atoms with Crippen LogP contribution in [0.5, 0.6) is 0 Å². The van der Waals surface area contributed by atoms with E-state index in [0.29, 0.717) is 0 Å². The van der Waals surface area contributed by atoms with Crippen LogP contribution < -0.4 is 0 Å². The van der Waals surface area contributed by atoms with Crippen LogP contribution in [0.25, 0.3) is 0 Å². The van der Waals surface area contributed by atoms with Crippen molar-refractivity contribution in [1.29, 1.82) is 0 Å². The van der Waals surface area contributed by atoms with Gasteiger partial charge < -0.3 is 0 Å². The molecule has 0 heterocycles. The molecule has 0 aliphatic heterocycles. The van der Waals surface area contributed by atoms with Crippen molar-refractivity contribution in [2.45, 2.75) is 151 Å². The molecule has 0 N–H and O–H groups in total. The molecule has 0 amide bonds. The van der Waals surface area contributed by atoms with Crippen LogP contribution in [0.2, 0.25) is 0 Å². The second kappa shape index (κ2) is 10.8. The number of rotatable bonds is 4. The first-order chi connectivity index (χ1) is 12.4. The molecule has 4 aliphatic rings. The summed E-state index contributed by atoms with van der Waals surface area (Å²) in [4.78, 5) is 0. The van der Waals surface area contributed by atoms with Crippen molar-refractivity contribution in [3.8, 4) is 0 Å². The molecule has 0 atom stereocenters. The Morgan fingerprint density at radius 1 is 0.308 bits per heavy atom. The first-order valence-corrected chi connectivity index (χ1v) is 14.4. The van der Waals surface area contributed by atoms with E-state index in [0.717, 1.165) is 0 Å². The maximum atomic E-state index is 1.65. The maximum Gasteiger partial charge on any atom is 0.0705 e. The van der Waals surface area contributed by atoms with Crippen molar-refractivity contribution < 1.29 is 0 Å². The van der Waals surface area contributed by atoms with Crippen LogP contribution in [0.3, 0.4) is 0 Å². The highest BCUT2D eigenvalue weighted by Crippen LogP contribution is 2.81. The van der Waals surface area contributed by atoms with Crippen LogP contribution in [0, 0.1) is 0 Å². The molecule has 0 bridgehead atoms. The van der Waals surface area contributed by atoms with Gasteiger partial charge in [-0.3, -0.25) is 0 Å². The summed E-state index contributed by atoms with van der Waals surface area (Å²) < 4.78 is 0. The van der Waals surface area contributed by atoms with Gasteiger partial charge in [0, 0.05) is 7.26 Å². The molecule has 4 fully saturated rings. The van der Waals surface area contributed by atoms with Gasteiger partial charge in [-0.05, 0) is 103 Å². The number of hydrogen-bond acceptors (Lipinski definition) is 0. The van der Waals surface area contributed by atoms with E-state index >= 15 is 0 Å². The summed E-state index contributed by atoms with van der Waals surface area (Å²) >= 11 is 0. The summed E-state index contributed by atoms with van der Waals surface area (Å²) in [6.07, 6.45) is 32.1. The van der Waals surface area contributed by atoms with Gasteiger partial charge in [-0.2, -0.15) is 0 Å².